The van der Waals surface area contributed by atoms with Gasteiger partial charge in [-0.05, 0) is 37.7 Å². The van der Waals surface area contributed by atoms with E-state index in [2.05, 4.69) is 30.8 Å². The van der Waals surface area contributed by atoms with Crippen molar-refractivity contribution < 1.29 is 4.39 Å². The smallest absolute Gasteiger partial charge is 0.146 e. The molecule has 0 saturated carbocycles. The van der Waals surface area contributed by atoms with Gasteiger partial charge in [-0.15, -0.1) is 11.6 Å². The highest BCUT2D eigenvalue weighted by atomic mass is 35.5. The number of likely N-dealkylation sites (N-methyl/N-ethyl adjacent to an activating group) is 1. The summed E-state index contributed by atoms with van der Waals surface area (Å²) >= 11 is 5.71. The molecule has 1 aliphatic rings. The van der Waals surface area contributed by atoms with Crippen LogP contribution in [0.3, 0.4) is 0 Å². The van der Waals surface area contributed by atoms with E-state index in [1.807, 2.05) is 12.1 Å². The summed E-state index contributed by atoms with van der Waals surface area (Å²) in [6.45, 7) is 4.00. The molecule has 2 nitrogen and oxygen atoms in total. The third-order valence-electron chi connectivity index (χ3n) is 3.74. The van der Waals surface area contributed by atoms with Gasteiger partial charge in [0.2, 0.25) is 0 Å². The molecule has 1 saturated heterocycles. The molecule has 18 heavy (non-hydrogen) atoms. The van der Waals surface area contributed by atoms with Gasteiger partial charge >= 0.3 is 0 Å². The Hall–Kier alpha value is -0.800. The fourth-order valence-electron chi connectivity index (χ4n) is 2.71. The lowest BCUT2D eigenvalue weighted by atomic mass is 10.1. The molecule has 0 radical (unpaired) electrons. The van der Waals surface area contributed by atoms with Crippen LogP contribution < -0.4 is 4.90 Å². The third-order valence-corrected chi connectivity index (χ3v) is 4.05. The second-order valence-corrected chi connectivity index (χ2v) is 5.60. The molecule has 1 aromatic carbocycles. The predicted octanol–water partition coefficient (Wildman–Crippen LogP) is 2.95. The van der Waals surface area contributed by atoms with E-state index in [-0.39, 0.29) is 5.82 Å². The topological polar surface area (TPSA) is 6.48 Å². The molecule has 2 unspecified atom stereocenters. The molecular weight excluding hydrogens is 251 g/mol. The molecule has 100 valence electrons. The molecular formula is C14H20ClFN2. The van der Waals surface area contributed by atoms with Gasteiger partial charge < -0.3 is 9.80 Å². The normalized spacial score (nSPS) is 24.0. The molecule has 0 aliphatic carbocycles. The first-order valence-corrected chi connectivity index (χ1v) is 6.82. The lowest BCUT2D eigenvalue weighted by Gasteiger charge is -2.23. The highest BCUT2D eigenvalue weighted by Gasteiger charge is 2.32. The van der Waals surface area contributed by atoms with E-state index in [1.54, 1.807) is 0 Å². The van der Waals surface area contributed by atoms with E-state index < -0.39 is 0 Å². The van der Waals surface area contributed by atoms with Crippen molar-refractivity contribution in [2.45, 2.75) is 18.8 Å². The fourth-order valence-corrected chi connectivity index (χ4v) is 2.87. The van der Waals surface area contributed by atoms with Crippen LogP contribution in [0.5, 0.6) is 0 Å². The first-order chi connectivity index (χ1) is 8.52. The molecule has 1 heterocycles. The van der Waals surface area contributed by atoms with Crippen LogP contribution in [0.15, 0.2) is 18.2 Å². The summed E-state index contributed by atoms with van der Waals surface area (Å²) in [5.74, 6) is 0.736. The minimum Gasteiger partial charge on any atom is -0.367 e. The van der Waals surface area contributed by atoms with Crippen LogP contribution in [-0.2, 0) is 5.88 Å². The lowest BCUT2D eigenvalue weighted by Crippen LogP contribution is -2.34. The van der Waals surface area contributed by atoms with Gasteiger partial charge in [0.15, 0.2) is 0 Å². The zero-order valence-corrected chi connectivity index (χ0v) is 11.9. The van der Waals surface area contributed by atoms with Gasteiger partial charge in [-0.3, -0.25) is 0 Å². The van der Waals surface area contributed by atoms with Crippen molar-refractivity contribution in [3.8, 4) is 0 Å². The number of rotatable bonds is 3. The highest BCUT2D eigenvalue weighted by molar-refractivity contribution is 6.17. The average Bonchev–Trinajstić information content (AvgIpc) is 2.71. The minimum atomic E-state index is -0.167. The summed E-state index contributed by atoms with van der Waals surface area (Å²) in [6, 6.07) is 5.77. The van der Waals surface area contributed by atoms with E-state index in [0.29, 0.717) is 23.5 Å². The summed E-state index contributed by atoms with van der Waals surface area (Å²) in [4.78, 5) is 4.35. The fraction of sp³-hybridized carbons (Fsp3) is 0.571. The Balaban J connectivity index is 2.18. The molecule has 0 N–H and O–H groups in total. The van der Waals surface area contributed by atoms with E-state index in [4.69, 9.17) is 11.6 Å². The largest absolute Gasteiger partial charge is 0.367 e. The Bertz CT molecular complexity index is 422. The van der Waals surface area contributed by atoms with Gasteiger partial charge in [-0.1, -0.05) is 13.0 Å². The molecule has 1 aromatic rings. The van der Waals surface area contributed by atoms with Crippen LogP contribution in [0.1, 0.15) is 12.5 Å². The van der Waals surface area contributed by atoms with E-state index in [1.165, 1.54) is 6.07 Å². The molecule has 2 atom stereocenters. The maximum absolute atomic E-state index is 14.0. The first kappa shape index (κ1) is 13.6. The number of nitrogens with zero attached hydrogens (tertiary/aromatic N) is 2. The average molecular weight is 271 g/mol. The van der Waals surface area contributed by atoms with Crippen molar-refractivity contribution in [1.82, 2.24) is 4.90 Å². The zero-order valence-electron chi connectivity index (χ0n) is 11.2. The molecule has 0 spiro atoms. The number of halogens is 2. The second-order valence-electron chi connectivity index (χ2n) is 5.33. The molecule has 4 heteroatoms. The number of hydrogen-bond donors (Lipinski definition) is 0. The molecule has 0 amide bonds. The van der Waals surface area contributed by atoms with Gasteiger partial charge in [0.25, 0.3) is 0 Å². The summed E-state index contributed by atoms with van der Waals surface area (Å²) in [6.07, 6.45) is 0. The Morgan fingerprint density at radius 1 is 1.39 bits per heavy atom. The number of alkyl halides is 1. The van der Waals surface area contributed by atoms with Crippen molar-refractivity contribution in [2.24, 2.45) is 5.92 Å². The van der Waals surface area contributed by atoms with Crippen LogP contribution in [-0.4, -0.2) is 38.1 Å². The van der Waals surface area contributed by atoms with Crippen LogP contribution in [0, 0.1) is 11.7 Å². The van der Waals surface area contributed by atoms with Crippen LogP contribution in [0.25, 0.3) is 0 Å². The Kier molecular flexibility index (Phi) is 4.13. The second kappa shape index (κ2) is 5.45. The van der Waals surface area contributed by atoms with Gasteiger partial charge in [-0.2, -0.15) is 0 Å². The Labute approximate surface area is 113 Å². The van der Waals surface area contributed by atoms with Crippen LogP contribution in [0.4, 0.5) is 10.1 Å². The number of benzene rings is 1. The van der Waals surface area contributed by atoms with Crippen molar-refractivity contribution in [3.63, 3.8) is 0 Å². The third kappa shape index (κ3) is 2.62. The summed E-state index contributed by atoms with van der Waals surface area (Å²) in [7, 11) is 4.16. The van der Waals surface area contributed by atoms with Crippen LogP contribution in [0.2, 0.25) is 0 Å². The van der Waals surface area contributed by atoms with Gasteiger partial charge in [0.05, 0.1) is 5.69 Å². The lowest BCUT2D eigenvalue weighted by molar-refractivity contribution is 0.266. The predicted molar refractivity (Wildman–Crippen MR) is 74.8 cm³/mol. The Morgan fingerprint density at radius 2 is 2.11 bits per heavy atom. The minimum absolute atomic E-state index is 0.167. The maximum atomic E-state index is 14.0. The van der Waals surface area contributed by atoms with Crippen molar-refractivity contribution in [1.29, 1.82) is 0 Å². The SMILES string of the molecule is CC1CN(c2ccc(CCl)cc2F)CC1N(C)C. The maximum Gasteiger partial charge on any atom is 0.146 e. The van der Waals surface area contributed by atoms with Crippen molar-refractivity contribution >= 4 is 17.3 Å². The first-order valence-electron chi connectivity index (χ1n) is 6.28. The number of hydrogen-bond acceptors (Lipinski definition) is 2. The molecule has 2 rings (SSSR count). The van der Waals surface area contributed by atoms with Crippen LogP contribution >= 0.6 is 11.6 Å². The van der Waals surface area contributed by atoms with Gasteiger partial charge in [0.1, 0.15) is 5.82 Å². The van der Waals surface area contributed by atoms with Gasteiger partial charge in [-0.25, -0.2) is 4.39 Å². The molecule has 1 fully saturated rings. The van der Waals surface area contributed by atoms with E-state index in [9.17, 15) is 4.39 Å². The van der Waals surface area contributed by atoms with Crippen molar-refractivity contribution in [2.75, 3.05) is 32.1 Å². The summed E-state index contributed by atoms with van der Waals surface area (Å²) in [5.41, 5.74) is 1.52. The van der Waals surface area contributed by atoms with Gasteiger partial charge in [0, 0.05) is 25.0 Å². The molecule has 0 aromatic heterocycles. The Morgan fingerprint density at radius 3 is 2.61 bits per heavy atom. The summed E-state index contributed by atoms with van der Waals surface area (Å²) in [5, 5.41) is 0. The quantitative estimate of drug-likeness (QED) is 0.780. The summed E-state index contributed by atoms with van der Waals surface area (Å²) < 4.78 is 14.0. The van der Waals surface area contributed by atoms with E-state index >= 15 is 0 Å². The molecule has 1 aliphatic heterocycles. The standard InChI is InChI=1S/C14H20ClFN2/c1-10-8-18(9-14(10)17(2)3)13-5-4-11(7-15)6-12(13)16/h4-6,10,14H,7-9H2,1-3H3. The van der Waals surface area contributed by atoms with Crippen molar-refractivity contribution in [3.05, 3.63) is 29.6 Å². The number of anilines is 1. The zero-order chi connectivity index (χ0) is 13.3. The molecule has 0 bridgehead atoms. The monoisotopic (exact) mass is 270 g/mol. The highest BCUT2D eigenvalue weighted by Crippen LogP contribution is 2.28. The van der Waals surface area contributed by atoms with E-state index in [0.717, 1.165) is 18.7 Å².